The van der Waals surface area contributed by atoms with Crippen molar-refractivity contribution in [2.75, 3.05) is 6.61 Å². The minimum absolute atomic E-state index is 0.126. The van der Waals surface area contributed by atoms with Gasteiger partial charge in [0.2, 0.25) is 0 Å². The van der Waals surface area contributed by atoms with Crippen molar-refractivity contribution in [3.8, 4) is 0 Å². The fourth-order valence-electron chi connectivity index (χ4n) is 11.0. The van der Waals surface area contributed by atoms with Crippen molar-refractivity contribution in [2.45, 2.75) is 136 Å². The Bertz CT molecular complexity index is 761. The molecule has 0 bridgehead atoms. The summed E-state index contributed by atoms with van der Waals surface area (Å²) >= 11 is 0. The number of hydrogen-bond acceptors (Lipinski definition) is 3. The lowest BCUT2D eigenvalue weighted by Gasteiger charge is -2.63. The molecular formula is C32H54O4. The molecule has 36 heavy (non-hydrogen) atoms. The molecule has 0 aliphatic heterocycles. The zero-order chi connectivity index (χ0) is 25.5. The number of ether oxygens (including phenoxy) is 1. The van der Waals surface area contributed by atoms with Gasteiger partial charge in [-0.15, -0.1) is 0 Å². The Morgan fingerprint density at radius 3 is 2.50 bits per heavy atom. The van der Waals surface area contributed by atoms with Crippen molar-refractivity contribution in [1.29, 1.82) is 0 Å². The van der Waals surface area contributed by atoms with E-state index >= 15 is 0 Å². The predicted molar refractivity (Wildman–Crippen MR) is 144 cm³/mol. The summed E-state index contributed by atoms with van der Waals surface area (Å²) in [5.74, 6) is 4.20. The molecule has 0 spiro atoms. The summed E-state index contributed by atoms with van der Waals surface area (Å²) in [5.41, 5.74) is 0.725. The van der Waals surface area contributed by atoms with E-state index in [0.717, 1.165) is 50.0 Å². The van der Waals surface area contributed by atoms with Gasteiger partial charge in [0.05, 0.1) is 12.2 Å². The molecule has 0 aromatic heterocycles. The molecule has 5 aliphatic carbocycles. The number of hydrogen-bond donors (Lipinski definition) is 2. The highest BCUT2D eigenvalue weighted by atomic mass is 16.5. The van der Waals surface area contributed by atoms with Crippen LogP contribution in [0.3, 0.4) is 0 Å². The highest BCUT2D eigenvalue weighted by molar-refractivity contribution is 5.66. The van der Waals surface area contributed by atoms with E-state index in [-0.39, 0.29) is 6.10 Å². The van der Waals surface area contributed by atoms with Crippen LogP contribution in [0.4, 0.5) is 0 Å². The van der Waals surface area contributed by atoms with Gasteiger partial charge >= 0.3 is 5.97 Å². The van der Waals surface area contributed by atoms with E-state index < -0.39 is 5.97 Å². The maximum Gasteiger partial charge on any atom is 0.303 e. The fraction of sp³-hybridized carbons (Fsp3) is 0.969. The Labute approximate surface area is 220 Å². The highest BCUT2D eigenvalue weighted by Crippen LogP contribution is 2.69. The van der Waals surface area contributed by atoms with Gasteiger partial charge in [-0.2, -0.15) is 0 Å². The number of carbonyl (C=O) groups is 1. The van der Waals surface area contributed by atoms with E-state index in [2.05, 4.69) is 20.8 Å². The lowest BCUT2D eigenvalue weighted by atomic mass is 9.42. The second-order valence-corrected chi connectivity index (χ2v) is 14.4. The van der Waals surface area contributed by atoms with Crippen molar-refractivity contribution in [2.24, 2.45) is 52.3 Å². The van der Waals surface area contributed by atoms with Crippen LogP contribution in [-0.2, 0) is 9.53 Å². The Balaban J connectivity index is 1.29. The van der Waals surface area contributed by atoms with Gasteiger partial charge in [0, 0.05) is 13.0 Å². The number of aliphatic hydroxyl groups is 1. The Kier molecular flexibility index (Phi) is 8.15. The second-order valence-electron chi connectivity index (χ2n) is 14.4. The van der Waals surface area contributed by atoms with Gasteiger partial charge in [-0.3, -0.25) is 4.79 Å². The molecule has 0 radical (unpaired) electrons. The summed E-state index contributed by atoms with van der Waals surface area (Å²) in [6, 6.07) is 0. The summed E-state index contributed by atoms with van der Waals surface area (Å²) in [5, 5.41) is 20.1. The number of carboxylic acids is 1. The Hall–Kier alpha value is -0.610. The third kappa shape index (κ3) is 4.92. The first-order valence-corrected chi connectivity index (χ1v) is 15.7. The molecule has 4 nitrogen and oxygen atoms in total. The first kappa shape index (κ1) is 27.0. The van der Waals surface area contributed by atoms with Crippen LogP contribution < -0.4 is 0 Å². The molecule has 10 atom stereocenters. The second kappa shape index (κ2) is 10.9. The first-order chi connectivity index (χ1) is 17.2. The summed E-state index contributed by atoms with van der Waals surface area (Å²) in [6.45, 7) is 8.43. The molecule has 5 rings (SSSR count). The van der Waals surface area contributed by atoms with E-state index in [0.29, 0.717) is 47.0 Å². The van der Waals surface area contributed by atoms with E-state index in [1.54, 1.807) is 0 Å². The molecule has 5 saturated carbocycles. The summed E-state index contributed by atoms with van der Waals surface area (Å²) < 4.78 is 6.42. The summed E-state index contributed by atoms with van der Waals surface area (Å²) in [7, 11) is 0. The van der Waals surface area contributed by atoms with Gasteiger partial charge < -0.3 is 14.9 Å². The lowest BCUT2D eigenvalue weighted by molar-refractivity contribution is -0.162. The molecule has 4 heteroatoms. The van der Waals surface area contributed by atoms with Crippen molar-refractivity contribution in [3.05, 3.63) is 0 Å². The molecule has 0 heterocycles. The number of aliphatic hydroxyl groups excluding tert-OH is 1. The number of fused-ring (bicyclic) bond motifs is 5. The fourth-order valence-corrected chi connectivity index (χ4v) is 11.0. The molecule has 0 aromatic rings. The average molecular weight is 503 g/mol. The van der Waals surface area contributed by atoms with Gasteiger partial charge in [0.25, 0.3) is 0 Å². The van der Waals surface area contributed by atoms with Crippen LogP contribution in [0, 0.1) is 52.3 Å². The lowest BCUT2D eigenvalue weighted by Crippen LogP contribution is -2.57. The van der Waals surface area contributed by atoms with Gasteiger partial charge in [-0.1, -0.05) is 40.0 Å². The first-order valence-electron chi connectivity index (χ1n) is 15.7. The average Bonchev–Trinajstić information content (AvgIpc) is 3.21. The van der Waals surface area contributed by atoms with Crippen LogP contribution >= 0.6 is 0 Å². The molecule has 0 amide bonds. The number of carboxylic acid groups (broad SMARTS) is 1. The van der Waals surface area contributed by atoms with Crippen molar-refractivity contribution in [1.82, 2.24) is 0 Å². The molecule has 5 fully saturated rings. The number of aliphatic carboxylic acids is 1. The van der Waals surface area contributed by atoms with Crippen LogP contribution in [0.2, 0.25) is 0 Å². The third-order valence-corrected chi connectivity index (χ3v) is 12.9. The SMILES string of the molecule is C[C@H](CCC(=O)O)[C@H]1CC[C@H]2[C@@H]3CC[C@@H]4C[C@H](O)CC(CCOC5CCCCC5)[C@]4(C)[C@H]3CC[C@]12C. The normalized spacial score (nSPS) is 45.9. The number of rotatable bonds is 8. The van der Waals surface area contributed by atoms with E-state index in [1.165, 1.54) is 70.6 Å². The minimum atomic E-state index is -0.644. The van der Waals surface area contributed by atoms with E-state index in [1.807, 2.05) is 0 Å². The molecular weight excluding hydrogens is 448 g/mol. The molecule has 1 unspecified atom stereocenters. The summed E-state index contributed by atoms with van der Waals surface area (Å²) in [4.78, 5) is 11.2. The van der Waals surface area contributed by atoms with Crippen LogP contribution in [0.5, 0.6) is 0 Å². The predicted octanol–water partition coefficient (Wildman–Crippen LogP) is 7.47. The Morgan fingerprint density at radius 2 is 1.75 bits per heavy atom. The maximum absolute atomic E-state index is 11.2. The topological polar surface area (TPSA) is 66.8 Å². The standard InChI is InChI=1S/C32H54O4/c1-21(9-14-30(34)35)27-12-13-28-26-11-10-22-19-24(33)20-23(16-18-36-25-7-5-4-6-8-25)32(22,3)29(26)15-17-31(27,28)2/h21-29,33H,4-20H2,1-3H3,(H,34,35)/t21-,22-,23?,24+,26+,27-,28+,29+,31-,32-/m1/s1. The van der Waals surface area contributed by atoms with E-state index in [9.17, 15) is 15.0 Å². The van der Waals surface area contributed by atoms with Crippen LogP contribution in [0.1, 0.15) is 124 Å². The summed E-state index contributed by atoms with van der Waals surface area (Å²) in [6.07, 6.45) is 19.0. The Morgan fingerprint density at radius 1 is 0.972 bits per heavy atom. The van der Waals surface area contributed by atoms with Gasteiger partial charge in [0.15, 0.2) is 0 Å². The van der Waals surface area contributed by atoms with Crippen molar-refractivity contribution >= 4 is 5.97 Å². The molecule has 5 aliphatic rings. The minimum Gasteiger partial charge on any atom is -0.481 e. The maximum atomic E-state index is 11.2. The molecule has 206 valence electrons. The smallest absolute Gasteiger partial charge is 0.303 e. The van der Waals surface area contributed by atoms with E-state index in [4.69, 9.17) is 4.74 Å². The zero-order valence-electron chi connectivity index (χ0n) is 23.4. The molecule has 2 N–H and O–H groups in total. The van der Waals surface area contributed by atoms with Gasteiger partial charge in [-0.05, 0) is 129 Å². The van der Waals surface area contributed by atoms with Gasteiger partial charge in [0.1, 0.15) is 0 Å². The van der Waals surface area contributed by atoms with Crippen LogP contribution in [-0.4, -0.2) is 35.0 Å². The van der Waals surface area contributed by atoms with Crippen molar-refractivity contribution < 1.29 is 19.7 Å². The largest absolute Gasteiger partial charge is 0.481 e. The molecule has 0 saturated heterocycles. The third-order valence-electron chi connectivity index (χ3n) is 12.9. The van der Waals surface area contributed by atoms with Crippen LogP contribution in [0.15, 0.2) is 0 Å². The zero-order valence-corrected chi connectivity index (χ0v) is 23.4. The van der Waals surface area contributed by atoms with Gasteiger partial charge in [-0.25, -0.2) is 0 Å². The molecule has 0 aromatic carbocycles. The quantitative estimate of drug-likeness (QED) is 0.361. The highest BCUT2D eigenvalue weighted by Gasteiger charge is 2.62. The van der Waals surface area contributed by atoms with Crippen molar-refractivity contribution in [3.63, 3.8) is 0 Å². The van der Waals surface area contributed by atoms with Crippen LogP contribution in [0.25, 0.3) is 0 Å². The monoisotopic (exact) mass is 502 g/mol.